The van der Waals surface area contributed by atoms with Gasteiger partial charge < -0.3 is 9.84 Å². The largest absolute Gasteiger partial charge is 0.390 e. The molecule has 70 valence electrons. The molecule has 1 saturated heterocycles. The summed E-state index contributed by atoms with van der Waals surface area (Å²) in [5.74, 6) is 0.644. The van der Waals surface area contributed by atoms with E-state index in [2.05, 4.69) is 20.8 Å². The van der Waals surface area contributed by atoms with Crippen LogP contribution < -0.4 is 0 Å². The van der Waals surface area contributed by atoms with Gasteiger partial charge in [-0.3, -0.25) is 0 Å². The summed E-state index contributed by atoms with van der Waals surface area (Å²) in [5, 5.41) is 9.48. The lowest BCUT2D eigenvalue weighted by Gasteiger charge is -2.32. The van der Waals surface area contributed by atoms with Gasteiger partial charge in [-0.15, -0.1) is 0 Å². The first-order valence-electron chi connectivity index (χ1n) is 4.83. The van der Waals surface area contributed by atoms with Crippen LogP contribution in [0, 0.1) is 11.3 Å². The van der Waals surface area contributed by atoms with Crippen LogP contribution in [0.25, 0.3) is 0 Å². The van der Waals surface area contributed by atoms with Crippen molar-refractivity contribution in [3.8, 4) is 0 Å². The third kappa shape index (κ3) is 1.27. The first-order chi connectivity index (χ1) is 5.50. The van der Waals surface area contributed by atoms with Gasteiger partial charge in [0, 0.05) is 0 Å². The summed E-state index contributed by atoms with van der Waals surface area (Å²) in [7, 11) is 0. The molecule has 2 aliphatic rings. The Morgan fingerprint density at radius 3 is 2.42 bits per heavy atom. The summed E-state index contributed by atoms with van der Waals surface area (Å²) in [6.45, 7) is 6.77. The summed E-state index contributed by atoms with van der Waals surface area (Å²) in [5.41, 5.74) is 0.333. The van der Waals surface area contributed by atoms with Crippen LogP contribution in [0.15, 0.2) is 0 Å². The van der Waals surface area contributed by atoms with Gasteiger partial charge in [0.1, 0.15) is 6.10 Å². The van der Waals surface area contributed by atoms with Gasteiger partial charge in [0.15, 0.2) is 0 Å². The molecule has 0 aromatic heterocycles. The molecule has 2 nitrogen and oxygen atoms in total. The normalized spacial score (nSPS) is 47.0. The Balaban J connectivity index is 2.03. The van der Waals surface area contributed by atoms with Crippen molar-refractivity contribution in [2.24, 2.45) is 11.3 Å². The lowest BCUT2D eigenvalue weighted by molar-refractivity contribution is 0.0981. The zero-order chi connectivity index (χ0) is 8.93. The van der Waals surface area contributed by atoms with Gasteiger partial charge in [0.05, 0.1) is 12.2 Å². The van der Waals surface area contributed by atoms with Crippen molar-refractivity contribution in [2.45, 2.75) is 51.9 Å². The maximum Gasteiger partial charge on any atom is 0.110 e. The van der Waals surface area contributed by atoms with E-state index in [0.29, 0.717) is 17.4 Å². The van der Waals surface area contributed by atoms with Crippen LogP contribution >= 0.6 is 0 Å². The summed E-state index contributed by atoms with van der Waals surface area (Å²) in [6.07, 6.45) is 2.37. The fourth-order valence-electron chi connectivity index (χ4n) is 2.37. The molecule has 2 heteroatoms. The molecule has 0 spiro atoms. The summed E-state index contributed by atoms with van der Waals surface area (Å²) in [6, 6.07) is 0. The van der Waals surface area contributed by atoms with Crippen LogP contribution in [0.2, 0.25) is 0 Å². The van der Waals surface area contributed by atoms with Crippen LogP contribution in [0.3, 0.4) is 0 Å². The average molecular weight is 170 g/mol. The van der Waals surface area contributed by atoms with Gasteiger partial charge in [0.25, 0.3) is 0 Å². The third-order valence-corrected chi connectivity index (χ3v) is 3.22. The Morgan fingerprint density at radius 1 is 1.17 bits per heavy atom. The van der Waals surface area contributed by atoms with E-state index in [1.165, 1.54) is 0 Å². The van der Waals surface area contributed by atoms with E-state index in [4.69, 9.17) is 4.74 Å². The third-order valence-electron chi connectivity index (χ3n) is 3.22. The molecule has 1 aliphatic heterocycles. The average Bonchev–Trinajstić information content (AvgIpc) is 2.64. The minimum absolute atomic E-state index is 0.169. The molecule has 0 aromatic rings. The lowest BCUT2D eigenvalue weighted by Crippen LogP contribution is -2.34. The van der Waals surface area contributed by atoms with Crippen LogP contribution in [-0.4, -0.2) is 23.4 Å². The monoisotopic (exact) mass is 170 g/mol. The number of epoxide rings is 1. The molecular formula is C10H18O2. The van der Waals surface area contributed by atoms with E-state index >= 15 is 0 Å². The minimum atomic E-state index is -0.186. The second-order valence-electron chi connectivity index (χ2n) is 5.18. The second-order valence-corrected chi connectivity index (χ2v) is 5.18. The highest BCUT2D eigenvalue weighted by Gasteiger charge is 2.55. The molecule has 4 unspecified atom stereocenters. The molecule has 1 aliphatic carbocycles. The number of aliphatic hydroxyl groups is 1. The summed E-state index contributed by atoms with van der Waals surface area (Å²) in [4.78, 5) is 0. The lowest BCUT2D eigenvalue weighted by atomic mass is 9.72. The molecule has 1 saturated carbocycles. The zero-order valence-electron chi connectivity index (χ0n) is 8.08. The zero-order valence-corrected chi connectivity index (χ0v) is 8.08. The van der Waals surface area contributed by atoms with E-state index in [-0.39, 0.29) is 12.2 Å². The second kappa shape index (κ2) is 2.46. The van der Waals surface area contributed by atoms with Crippen molar-refractivity contribution >= 4 is 0 Å². The SMILES string of the molecule is CC(C)(C)C1CCC(O)C2OC21. The molecule has 2 rings (SSSR count). The summed E-state index contributed by atoms with van der Waals surface area (Å²) >= 11 is 0. The summed E-state index contributed by atoms with van der Waals surface area (Å²) < 4.78 is 5.48. The van der Waals surface area contributed by atoms with Crippen molar-refractivity contribution in [3.05, 3.63) is 0 Å². The highest BCUT2D eigenvalue weighted by atomic mass is 16.6. The Labute approximate surface area is 73.9 Å². The molecule has 0 radical (unpaired) electrons. The van der Waals surface area contributed by atoms with Crippen LogP contribution in [0.1, 0.15) is 33.6 Å². The molecule has 0 amide bonds. The van der Waals surface area contributed by atoms with E-state index in [9.17, 15) is 5.11 Å². The van der Waals surface area contributed by atoms with Crippen molar-refractivity contribution in [1.82, 2.24) is 0 Å². The van der Waals surface area contributed by atoms with Crippen molar-refractivity contribution < 1.29 is 9.84 Å². The van der Waals surface area contributed by atoms with Crippen LogP contribution in [-0.2, 0) is 4.74 Å². The first-order valence-corrected chi connectivity index (χ1v) is 4.83. The Morgan fingerprint density at radius 2 is 1.83 bits per heavy atom. The number of rotatable bonds is 0. The molecule has 0 bridgehead atoms. The predicted molar refractivity (Wildman–Crippen MR) is 46.8 cm³/mol. The number of hydrogen-bond donors (Lipinski definition) is 1. The van der Waals surface area contributed by atoms with Gasteiger partial charge in [-0.25, -0.2) is 0 Å². The van der Waals surface area contributed by atoms with Gasteiger partial charge >= 0.3 is 0 Å². The number of hydrogen-bond acceptors (Lipinski definition) is 2. The molecule has 0 aromatic carbocycles. The standard InChI is InChI=1S/C10H18O2/c1-10(2,3)6-4-5-7(11)9-8(6)12-9/h6-9,11H,4-5H2,1-3H3. The molecular weight excluding hydrogens is 152 g/mol. The number of ether oxygens (including phenoxy) is 1. The minimum Gasteiger partial charge on any atom is -0.390 e. The maximum absolute atomic E-state index is 9.48. The van der Waals surface area contributed by atoms with Gasteiger partial charge in [-0.2, -0.15) is 0 Å². The first kappa shape index (κ1) is 8.52. The fourth-order valence-corrected chi connectivity index (χ4v) is 2.37. The van der Waals surface area contributed by atoms with Crippen molar-refractivity contribution in [2.75, 3.05) is 0 Å². The van der Waals surface area contributed by atoms with Gasteiger partial charge in [-0.1, -0.05) is 20.8 Å². The quantitative estimate of drug-likeness (QED) is 0.560. The predicted octanol–water partition coefficient (Wildman–Crippen LogP) is 1.57. The maximum atomic E-state index is 9.48. The van der Waals surface area contributed by atoms with Crippen LogP contribution in [0.5, 0.6) is 0 Å². The molecule has 4 atom stereocenters. The topological polar surface area (TPSA) is 32.8 Å². The van der Waals surface area contributed by atoms with Crippen LogP contribution in [0.4, 0.5) is 0 Å². The Bertz CT molecular complexity index is 183. The van der Waals surface area contributed by atoms with Crippen molar-refractivity contribution in [1.29, 1.82) is 0 Å². The van der Waals surface area contributed by atoms with Crippen molar-refractivity contribution in [3.63, 3.8) is 0 Å². The van der Waals surface area contributed by atoms with Gasteiger partial charge in [0.2, 0.25) is 0 Å². The molecule has 2 fully saturated rings. The smallest absolute Gasteiger partial charge is 0.110 e. The van der Waals surface area contributed by atoms with E-state index in [1.54, 1.807) is 0 Å². The number of fused-ring (bicyclic) bond motifs is 1. The van der Waals surface area contributed by atoms with E-state index in [1.807, 2.05) is 0 Å². The Kier molecular flexibility index (Phi) is 1.74. The highest BCUT2D eigenvalue weighted by Crippen LogP contribution is 2.48. The van der Waals surface area contributed by atoms with E-state index in [0.717, 1.165) is 12.8 Å². The Hall–Kier alpha value is -0.0800. The van der Waals surface area contributed by atoms with E-state index < -0.39 is 0 Å². The highest BCUT2D eigenvalue weighted by molar-refractivity contribution is 5.02. The van der Waals surface area contributed by atoms with Gasteiger partial charge in [-0.05, 0) is 24.2 Å². The molecule has 12 heavy (non-hydrogen) atoms. The molecule has 1 heterocycles. The number of aliphatic hydroxyl groups excluding tert-OH is 1. The fraction of sp³-hybridized carbons (Fsp3) is 1.00. The molecule has 1 N–H and O–H groups in total.